The third-order valence-corrected chi connectivity index (χ3v) is 6.76. The topological polar surface area (TPSA) is 80.2 Å². The van der Waals surface area contributed by atoms with Crippen LogP contribution >= 0.6 is 23.2 Å². The minimum Gasteiger partial charge on any atom is -0.494 e. The Morgan fingerprint density at radius 1 is 1.11 bits per heavy atom. The summed E-state index contributed by atoms with van der Waals surface area (Å²) in [4.78, 5) is 18.7. The first-order valence-corrected chi connectivity index (χ1v) is 12.7. The molecule has 0 saturated carbocycles. The van der Waals surface area contributed by atoms with Gasteiger partial charge in [0.1, 0.15) is 5.75 Å². The standard InChI is InChI=1S/C29H28Cl2N2O4/c1-2-15-29(28(35)32-19-20-9-14-24(30)25(31)18-20)26(21-7-4-3-5-8-21)37-27(33-29)22-10-12-23(13-11-22)36-17-6-16-34/h2-5,7-14,18,26,34H,1,6,15-17,19H2,(H,32,35)/t26-,29-/m1/s1. The summed E-state index contributed by atoms with van der Waals surface area (Å²) in [6.07, 6.45) is 1.85. The lowest BCUT2D eigenvalue weighted by Gasteiger charge is -2.29. The van der Waals surface area contributed by atoms with Gasteiger partial charge in [0.25, 0.3) is 5.91 Å². The Kier molecular flexibility index (Phi) is 8.87. The van der Waals surface area contributed by atoms with E-state index >= 15 is 0 Å². The summed E-state index contributed by atoms with van der Waals surface area (Å²) in [5, 5.41) is 12.8. The molecule has 6 nitrogen and oxygen atoms in total. The number of aliphatic hydroxyl groups is 1. The molecule has 0 fully saturated rings. The SMILES string of the molecule is C=CC[C@@]1(C(=O)NCc2ccc(Cl)c(Cl)c2)N=C(c2ccc(OCCCO)cc2)O[C@@H]1c1ccccc1. The molecule has 2 atom stereocenters. The Hall–Kier alpha value is -3.32. The average molecular weight is 539 g/mol. The van der Waals surface area contributed by atoms with Crippen LogP contribution in [0, 0.1) is 0 Å². The van der Waals surface area contributed by atoms with E-state index in [1.165, 1.54) is 0 Å². The number of amides is 1. The fraction of sp³-hybridized carbons (Fsp3) is 0.241. The highest BCUT2D eigenvalue weighted by atomic mass is 35.5. The fourth-order valence-corrected chi connectivity index (χ4v) is 4.47. The molecule has 1 aliphatic rings. The number of aliphatic imine (C=N–C) groups is 1. The van der Waals surface area contributed by atoms with Crippen molar-refractivity contribution in [1.29, 1.82) is 0 Å². The quantitative estimate of drug-likeness (QED) is 0.235. The van der Waals surface area contributed by atoms with Crippen LogP contribution in [0.2, 0.25) is 10.0 Å². The molecule has 1 aliphatic heterocycles. The van der Waals surface area contributed by atoms with Crippen molar-refractivity contribution in [1.82, 2.24) is 5.32 Å². The highest BCUT2D eigenvalue weighted by molar-refractivity contribution is 6.42. The Bertz CT molecular complexity index is 1260. The number of hydrogen-bond donors (Lipinski definition) is 2. The van der Waals surface area contributed by atoms with Crippen LogP contribution in [0.4, 0.5) is 0 Å². The number of carbonyl (C=O) groups is 1. The Labute approximate surface area is 226 Å². The number of nitrogens with one attached hydrogen (secondary N) is 1. The minimum atomic E-state index is -1.26. The molecule has 0 radical (unpaired) electrons. The van der Waals surface area contributed by atoms with Crippen molar-refractivity contribution in [2.45, 2.75) is 31.0 Å². The van der Waals surface area contributed by atoms with Crippen molar-refractivity contribution in [2.75, 3.05) is 13.2 Å². The molecule has 2 N–H and O–H groups in total. The van der Waals surface area contributed by atoms with Crippen molar-refractivity contribution in [3.8, 4) is 5.75 Å². The highest BCUT2D eigenvalue weighted by Gasteiger charge is 2.52. The summed E-state index contributed by atoms with van der Waals surface area (Å²) < 4.78 is 12.0. The summed E-state index contributed by atoms with van der Waals surface area (Å²) in [7, 11) is 0. The number of halogens is 2. The average Bonchev–Trinajstić information content (AvgIpc) is 3.31. The molecule has 1 heterocycles. The van der Waals surface area contributed by atoms with Crippen LogP contribution in [-0.2, 0) is 16.1 Å². The molecule has 37 heavy (non-hydrogen) atoms. The number of nitrogens with zero attached hydrogens (tertiary/aromatic N) is 1. The predicted molar refractivity (Wildman–Crippen MR) is 146 cm³/mol. The molecule has 0 bridgehead atoms. The van der Waals surface area contributed by atoms with E-state index < -0.39 is 11.6 Å². The summed E-state index contributed by atoms with van der Waals surface area (Å²) in [5.74, 6) is 0.751. The largest absolute Gasteiger partial charge is 0.494 e. The number of rotatable bonds is 11. The van der Waals surface area contributed by atoms with Crippen molar-refractivity contribution in [2.24, 2.45) is 4.99 Å². The smallest absolute Gasteiger partial charge is 0.252 e. The van der Waals surface area contributed by atoms with E-state index in [1.807, 2.05) is 60.7 Å². The number of hydrogen-bond acceptors (Lipinski definition) is 5. The van der Waals surface area contributed by atoms with Gasteiger partial charge in [0.15, 0.2) is 11.6 Å². The molecule has 0 spiro atoms. The van der Waals surface area contributed by atoms with Gasteiger partial charge < -0.3 is 19.9 Å². The number of ether oxygens (including phenoxy) is 2. The maximum absolute atomic E-state index is 13.8. The first-order chi connectivity index (χ1) is 18.0. The van der Waals surface area contributed by atoms with Gasteiger partial charge in [0, 0.05) is 31.6 Å². The molecule has 3 aromatic rings. The molecule has 0 saturated heterocycles. The summed E-state index contributed by atoms with van der Waals surface area (Å²) in [6.45, 7) is 4.64. The van der Waals surface area contributed by atoms with Crippen molar-refractivity contribution in [3.63, 3.8) is 0 Å². The van der Waals surface area contributed by atoms with Gasteiger partial charge in [-0.1, -0.05) is 65.7 Å². The number of aliphatic hydroxyl groups excluding tert-OH is 1. The van der Waals surface area contributed by atoms with E-state index in [0.29, 0.717) is 34.7 Å². The molecular formula is C29H28Cl2N2O4. The van der Waals surface area contributed by atoms with Gasteiger partial charge in [-0.25, -0.2) is 4.99 Å². The van der Waals surface area contributed by atoms with E-state index in [2.05, 4.69) is 11.9 Å². The lowest BCUT2D eigenvalue weighted by Crippen LogP contribution is -2.47. The second-order valence-corrected chi connectivity index (χ2v) is 9.44. The van der Waals surface area contributed by atoms with Crippen LogP contribution in [0.5, 0.6) is 5.75 Å². The van der Waals surface area contributed by atoms with Crippen LogP contribution in [0.3, 0.4) is 0 Å². The summed E-state index contributed by atoms with van der Waals surface area (Å²) in [5.41, 5.74) is 1.10. The van der Waals surface area contributed by atoms with Crippen molar-refractivity contribution >= 4 is 35.0 Å². The van der Waals surface area contributed by atoms with Gasteiger partial charge in [-0.3, -0.25) is 4.79 Å². The van der Waals surface area contributed by atoms with Crippen LogP contribution in [0.25, 0.3) is 0 Å². The summed E-state index contributed by atoms with van der Waals surface area (Å²) >= 11 is 12.2. The van der Waals surface area contributed by atoms with Crippen LogP contribution in [0.1, 0.15) is 35.6 Å². The monoisotopic (exact) mass is 538 g/mol. The Morgan fingerprint density at radius 2 is 1.86 bits per heavy atom. The number of benzene rings is 3. The third kappa shape index (κ3) is 6.16. The van der Waals surface area contributed by atoms with Gasteiger partial charge >= 0.3 is 0 Å². The van der Waals surface area contributed by atoms with E-state index in [4.69, 9.17) is 42.8 Å². The lowest BCUT2D eigenvalue weighted by molar-refractivity contribution is -0.129. The third-order valence-electron chi connectivity index (χ3n) is 6.02. The van der Waals surface area contributed by atoms with Crippen molar-refractivity contribution < 1.29 is 19.4 Å². The second-order valence-electron chi connectivity index (χ2n) is 8.62. The Balaban J connectivity index is 1.64. The zero-order valence-corrected chi connectivity index (χ0v) is 21.7. The van der Waals surface area contributed by atoms with E-state index in [-0.39, 0.29) is 25.5 Å². The molecular weight excluding hydrogens is 511 g/mol. The van der Waals surface area contributed by atoms with Gasteiger partial charge in [-0.15, -0.1) is 6.58 Å². The van der Waals surface area contributed by atoms with Gasteiger partial charge in [-0.05, 0) is 47.5 Å². The zero-order chi connectivity index (χ0) is 26.3. The normalized spacial score (nSPS) is 18.6. The van der Waals surface area contributed by atoms with Gasteiger partial charge in [-0.2, -0.15) is 0 Å². The predicted octanol–water partition coefficient (Wildman–Crippen LogP) is 5.90. The molecule has 1 amide bonds. The second kappa shape index (κ2) is 12.3. The highest BCUT2D eigenvalue weighted by Crippen LogP contribution is 2.42. The van der Waals surface area contributed by atoms with E-state index in [0.717, 1.165) is 16.7 Å². The van der Waals surface area contributed by atoms with Crippen LogP contribution in [-0.4, -0.2) is 35.7 Å². The fourth-order valence-electron chi connectivity index (χ4n) is 4.15. The maximum Gasteiger partial charge on any atom is 0.252 e. The lowest BCUT2D eigenvalue weighted by atomic mass is 9.84. The molecule has 192 valence electrons. The van der Waals surface area contributed by atoms with Gasteiger partial charge in [0.05, 0.1) is 16.7 Å². The summed E-state index contributed by atoms with van der Waals surface area (Å²) in [6, 6.07) is 22.1. The molecule has 0 unspecified atom stereocenters. The molecule has 3 aromatic carbocycles. The van der Waals surface area contributed by atoms with E-state index in [1.54, 1.807) is 18.2 Å². The first kappa shape index (κ1) is 26.7. The van der Waals surface area contributed by atoms with E-state index in [9.17, 15) is 4.79 Å². The maximum atomic E-state index is 13.8. The first-order valence-electron chi connectivity index (χ1n) is 12.0. The zero-order valence-electron chi connectivity index (χ0n) is 20.2. The molecule has 0 aromatic heterocycles. The number of carbonyl (C=O) groups excluding carboxylic acids is 1. The van der Waals surface area contributed by atoms with Crippen LogP contribution in [0.15, 0.2) is 90.4 Å². The molecule has 8 heteroatoms. The Morgan fingerprint density at radius 3 is 2.54 bits per heavy atom. The molecule has 4 rings (SSSR count). The minimum absolute atomic E-state index is 0.0715. The molecule has 0 aliphatic carbocycles. The van der Waals surface area contributed by atoms with Crippen molar-refractivity contribution in [3.05, 3.63) is 112 Å². The van der Waals surface area contributed by atoms with Crippen LogP contribution < -0.4 is 10.1 Å². The van der Waals surface area contributed by atoms with Gasteiger partial charge in [0.2, 0.25) is 5.90 Å².